The van der Waals surface area contributed by atoms with Gasteiger partial charge in [0.1, 0.15) is 17.8 Å². The van der Waals surface area contributed by atoms with Crippen molar-refractivity contribution in [3.8, 4) is 5.75 Å². The Morgan fingerprint density at radius 1 is 0.756 bits per heavy atom. The Kier molecular flexibility index (Phi) is 14.2. The maximum atomic E-state index is 14.1. The molecule has 23 heteroatoms. The molecule has 2 aliphatic heterocycles. The van der Waals surface area contributed by atoms with Crippen LogP contribution in [0, 0.1) is 0 Å². The Bertz CT molecular complexity index is 4250. The summed E-state index contributed by atoms with van der Waals surface area (Å²) in [5.74, 6) is -2.03. The zero-order valence-electron chi connectivity index (χ0n) is 45.2. The molecule has 22 nitrogen and oxygen atoms in total. The Morgan fingerprint density at radius 3 is 2.20 bits per heavy atom. The van der Waals surface area contributed by atoms with E-state index in [4.69, 9.17) is 11.6 Å². The summed E-state index contributed by atoms with van der Waals surface area (Å²) in [4.78, 5) is 103. The number of benzene rings is 5. The summed E-state index contributed by atoms with van der Waals surface area (Å²) < 4.78 is 4.99. The molecule has 5 amide bonds. The van der Waals surface area contributed by atoms with Gasteiger partial charge in [-0.15, -0.1) is 11.6 Å². The van der Waals surface area contributed by atoms with Gasteiger partial charge < -0.3 is 60.5 Å². The van der Waals surface area contributed by atoms with Crippen molar-refractivity contribution in [3.05, 3.63) is 142 Å². The minimum Gasteiger partial charge on any atom is -0.507 e. The van der Waals surface area contributed by atoms with Crippen LogP contribution in [0.5, 0.6) is 5.75 Å². The highest BCUT2D eigenvalue weighted by Crippen LogP contribution is 2.46. The number of alkyl halides is 1. The van der Waals surface area contributed by atoms with Gasteiger partial charge >= 0.3 is 0 Å². The van der Waals surface area contributed by atoms with Crippen LogP contribution in [0.4, 0.5) is 28.7 Å². The molecule has 1 unspecified atom stereocenters. The number of imidazole rings is 3. The molecule has 0 aliphatic carbocycles. The van der Waals surface area contributed by atoms with Crippen LogP contribution >= 0.6 is 11.6 Å². The first kappa shape index (κ1) is 53.3. The number of aromatic nitrogens is 7. The van der Waals surface area contributed by atoms with Gasteiger partial charge in [0.25, 0.3) is 23.6 Å². The summed E-state index contributed by atoms with van der Waals surface area (Å²) in [7, 11) is 3.27. The minimum absolute atomic E-state index is 0.0116. The van der Waals surface area contributed by atoms with Crippen molar-refractivity contribution in [2.45, 2.75) is 25.7 Å². The van der Waals surface area contributed by atoms with Crippen molar-refractivity contribution in [2.24, 2.45) is 14.1 Å². The van der Waals surface area contributed by atoms with Crippen LogP contribution in [-0.2, 0) is 18.9 Å². The van der Waals surface area contributed by atoms with E-state index in [1.54, 1.807) is 67.8 Å². The van der Waals surface area contributed by atoms with E-state index in [2.05, 4.69) is 56.3 Å². The number of amides is 5. The molecule has 10 aromatic rings. The van der Waals surface area contributed by atoms with E-state index in [1.807, 2.05) is 40.8 Å². The predicted octanol–water partition coefficient (Wildman–Crippen LogP) is 6.93. The number of piperazine rings is 1. The topological polar surface area (TPSA) is 261 Å². The SMILES string of the molecule is CC(=O)Nc1ccc2[nH]c(C(=O)N3CC(CCl)c4c3cc(O)c3ccc(C(=O)Nc5cn(C)c(C(=O)Nc6cn(C)c(C(=O)NCCCN7CCN(CCCNc8ccc9ncn%10c%11ccccc%11c(=O)c8c9%10)CC7)n6)n5)cc43)cc2c1. The summed E-state index contributed by atoms with van der Waals surface area (Å²) >= 11 is 6.54. The second-order valence-corrected chi connectivity index (χ2v) is 21.3. The van der Waals surface area contributed by atoms with E-state index in [1.165, 1.54) is 34.5 Å². The van der Waals surface area contributed by atoms with Crippen LogP contribution in [0.1, 0.15) is 73.3 Å². The van der Waals surface area contributed by atoms with Crippen LogP contribution in [-0.4, -0.2) is 143 Å². The van der Waals surface area contributed by atoms with E-state index in [9.17, 15) is 33.9 Å². The number of carbonyl (C=O) groups excluding carboxylic acids is 5. The molecule has 2 aliphatic rings. The first-order chi connectivity index (χ1) is 39.7. The van der Waals surface area contributed by atoms with E-state index < -0.39 is 11.8 Å². The maximum Gasteiger partial charge on any atom is 0.292 e. The first-order valence-corrected chi connectivity index (χ1v) is 27.6. The van der Waals surface area contributed by atoms with Crippen LogP contribution in [0.15, 0.2) is 108 Å². The molecule has 5 aromatic carbocycles. The molecule has 12 rings (SSSR count). The number of phenolic OH excluding ortho intramolecular Hbond substituents is 1. The number of para-hydroxylation sites is 1. The van der Waals surface area contributed by atoms with Gasteiger partial charge in [-0.1, -0.05) is 12.1 Å². The summed E-state index contributed by atoms with van der Waals surface area (Å²) in [6, 6.07) is 24.9. The second-order valence-electron chi connectivity index (χ2n) is 20.9. The molecule has 0 bridgehead atoms. The molecule has 5 aromatic heterocycles. The average molecular weight is 1120 g/mol. The molecule has 1 fully saturated rings. The zero-order chi connectivity index (χ0) is 56.9. The van der Waals surface area contributed by atoms with Crippen molar-refractivity contribution in [2.75, 3.05) is 90.9 Å². The molecule has 0 radical (unpaired) electrons. The number of anilines is 5. The first-order valence-electron chi connectivity index (χ1n) is 27.1. The predicted molar refractivity (Wildman–Crippen MR) is 316 cm³/mol. The summed E-state index contributed by atoms with van der Waals surface area (Å²) in [5, 5.41) is 29.1. The number of fused-ring (bicyclic) bond motifs is 6. The van der Waals surface area contributed by atoms with Crippen molar-refractivity contribution in [3.63, 3.8) is 0 Å². The summed E-state index contributed by atoms with van der Waals surface area (Å²) in [5.41, 5.74) is 6.33. The van der Waals surface area contributed by atoms with Crippen LogP contribution < -0.4 is 36.9 Å². The van der Waals surface area contributed by atoms with Gasteiger partial charge in [0, 0.05) is 136 Å². The lowest BCUT2D eigenvalue weighted by Gasteiger charge is -2.34. The maximum absolute atomic E-state index is 14.1. The average Bonchev–Trinajstić information content (AvgIpc) is 4.28. The molecule has 418 valence electrons. The largest absolute Gasteiger partial charge is 0.507 e. The van der Waals surface area contributed by atoms with Gasteiger partial charge in [0.05, 0.1) is 27.6 Å². The standard InChI is InChI=1S/C59H58ClN15O7/c1-33(76)64-37-11-13-41-35(24-37)26-44(65-41)59(82)74-29-36(28-60)50-40-25-34(10-12-38(40)47(77)27-46(50)74)56(79)68-48-30-71(3)55(67-48)58(81)69-49-31-70(2)54(66-49)57(80)62-17-7-19-73-22-20-72(21-23-73)18-6-16-61-42-14-15-43-52-51(42)53(78)39-8-4-5-9-45(39)75(52)32-63-43/h4-5,8-15,24-27,30-32,36,61,65,77H,6-7,16-23,28-29H2,1-3H3,(H,62,80)(H,64,76)(H,68,79)(H,69,81). The van der Waals surface area contributed by atoms with E-state index in [-0.39, 0.29) is 76.1 Å². The highest BCUT2D eigenvalue weighted by molar-refractivity contribution is 6.20. The Hall–Kier alpha value is -9.38. The third kappa shape index (κ3) is 10.2. The van der Waals surface area contributed by atoms with Gasteiger partial charge in [0.2, 0.25) is 17.6 Å². The molecule has 0 saturated carbocycles. The smallest absolute Gasteiger partial charge is 0.292 e. The van der Waals surface area contributed by atoms with Crippen molar-refractivity contribution < 1.29 is 29.1 Å². The normalized spacial score (nSPS) is 14.8. The fourth-order valence-corrected chi connectivity index (χ4v) is 11.7. The number of pyridine rings is 1. The quantitative estimate of drug-likeness (QED) is 0.0278. The van der Waals surface area contributed by atoms with E-state index in [0.29, 0.717) is 56.2 Å². The van der Waals surface area contributed by atoms with Gasteiger partial charge in [-0.25, -0.2) is 15.0 Å². The number of aromatic hydroxyl groups is 1. The lowest BCUT2D eigenvalue weighted by Crippen LogP contribution is -2.47. The third-order valence-corrected chi connectivity index (χ3v) is 15.8. The van der Waals surface area contributed by atoms with Crippen LogP contribution in [0.3, 0.4) is 0 Å². The number of carbonyl (C=O) groups is 5. The Labute approximate surface area is 473 Å². The molecule has 7 heterocycles. The van der Waals surface area contributed by atoms with Crippen molar-refractivity contribution >= 4 is 119 Å². The third-order valence-electron chi connectivity index (χ3n) is 15.5. The van der Waals surface area contributed by atoms with Crippen LogP contribution in [0.25, 0.3) is 49.0 Å². The minimum atomic E-state index is -0.619. The van der Waals surface area contributed by atoms with Crippen LogP contribution in [0.2, 0.25) is 0 Å². The van der Waals surface area contributed by atoms with Gasteiger partial charge in [-0.2, -0.15) is 0 Å². The molecule has 7 N–H and O–H groups in total. The van der Waals surface area contributed by atoms with Crippen molar-refractivity contribution in [1.82, 2.24) is 48.6 Å². The number of halogens is 1. The number of aryl methyl sites for hydroxylation is 2. The molecule has 1 saturated heterocycles. The fraction of sp³-hybridized carbons (Fsp3) is 0.271. The monoisotopic (exact) mass is 1120 g/mol. The highest BCUT2D eigenvalue weighted by Gasteiger charge is 2.36. The Morgan fingerprint density at radius 2 is 1.46 bits per heavy atom. The second kappa shape index (κ2) is 21.9. The van der Waals surface area contributed by atoms with Gasteiger partial charge in [0.15, 0.2) is 17.1 Å². The lowest BCUT2D eigenvalue weighted by atomic mass is 9.94. The van der Waals surface area contributed by atoms with E-state index in [0.717, 1.165) is 86.3 Å². The molecule has 0 spiro atoms. The summed E-state index contributed by atoms with van der Waals surface area (Å²) in [6.45, 7) is 8.31. The zero-order valence-corrected chi connectivity index (χ0v) is 45.9. The number of nitrogens with zero attached hydrogens (tertiary/aromatic N) is 9. The number of aromatic amines is 1. The molecular formula is C59H58ClN15O7. The Balaban J connectivity index is 0.608. The molecule has 82 heavy (non-hydrogen) atoms. The number of rotatable bonds is 17. The number of hydrogen-bond donors (Lipinski definition) is 7. The number of hydrogen-bond acceptors (Lipinski definition) is 13. The fourth-order valence-electron chi connectivity index (χ4n) is 11.5. The highest BCUT2D eigenvalue weighted by atomic mass is 35.5. The number of phenols is 1. The summed E-state index contributed by atoms with van der Waals surface area (Å²) in [6.07, 6.45) is 6.48. The van der Waals surface area contributed by atoms with Crippen molar-refractivity contribution in [1.29, 1.82) is 0 Å². The van der Waals surface area contributed by atoms with E-state index >= 15 is 0 Å². The number of H-pyrrole nitrogens is 1. The van der Waals surface area contributed by atoms with Gasteiger partial charge in [-0.3, -0.25) is 33.2 Å². The van der Waals surface area contributed by atoms with Gasteiger partial charge in [-0.05, 0) is 104 Å². The lowest BCUT2D eigenvalue weighted by molar-refractivity contribution is -0.114. The number of nitrogens with one attached hydrogen (secondary N) is 6. The molecular weight excluding hydrogens is 1070 g/mol. The molecule has 1 atom stereocenters.